The number of halogens is 2. The molecule has 0 aliphatic carbocycles. The first-order valence-corrected chi connectivity index (χ1v) is 13.3. The predicted octanol–water partition coefficient (Wildman–Crippen LogP) is 4.46. The number of nitrogens with zero attached hydrogens (tertiary/aromatic N) is 1. The average molecular weight is 540 g/mol. The molecule has 1 aliphatic heterocycles. The maximum Gasteiger partial charge on any atom is 0.251 e. The molecule has 37 heavy (non-hydrogen) atoms. The minimum Gasteiger partial charge on any atom is -0.350 e. The molecule has 2 atom stereocenters. The molecule has 1 saturated heterocycles. The van der Waals surface area contributed by atoms with E-state index in [4.69, 9.17) is 28.9 Å². The van der Waals surface area contributed by atoms with E-state index in [1.807, 2.05) is 41.3 Å². The second-order valence-corrected chi connectivity index (χ2v) is 10.1. The van der Waals surface area contributed by atoms with Crippen LogP contribution in [0.3, 0.4) is 0 Å². The number of carbonyl (C=O) groups excluding carboxylic acids is 2. The van der Waals surface area contributed by atoms with Gasteiger partial charge >= 0.3 is 0 Å². The quantitative estimate of drug-likeness (QED) is 0.375. The van der Waals surface area contributed by atoms with Gasteiger partial charge in [0.15, 0.2) is 0 Å². The summed E-state index contributed by atoms with van der Waals surface area (Å²) in [6.45, 7) is 1.91. The van der Waals surface area contributed by atoms with E-state index < -0.39 is 6.04 Å². The molecule has 0 saturated carbocycles. The fourth-order valence-electron chi connectivity index (χ4n) is 4.75. The van der Waals surface area contributed by atoms with Gasteiger partial charge in [-0.15, -0.1) is 0 Å². The van der Waals surface area contributed by atoms with Crippen molar-refractivity contribution in [1.82, 2.24) is 15.5 Å². The van der Waals surface area contributed by atoms with E-state index >= 15 is 0 Å². The van der Waals surface area contributed by atoms with Crippen molar-refractivity contribution in [3.63, 3.8) is 0 Å². The van der Waals surface area contributed by atoms with E-state index in [2.05, 4.69) is 34.9 Å². The summed E-state index contributed by atoms with van der Waals surface area (Å²) in [4.78, 5) is 28.2. The van der Waals surface area contributed by atoms with Crippen LogP contribution >= 0.6 is 23.2 Å². The van der Waals surface area contributed by atoms with Crippen LogP contribution < -0.4 is 16.4 Å². The van der Waals surface area contributed by atoms with Crippen molar-refractivity contribution in [3.05, 3.63) is 106 Å². The highest BCUT2D eigenvalue weighted by Crippen LogP contribution is 2.27. The first-order valence-electron chi connectivity index (χ1n) is 12.5. The molecule has 3 aromatic rings. The van der Waals surface area contributed by atoms with Gasteiger partial charge in [0.25, 0.3) is 5.91 Å². The van der Waals surface area contributed by atoms with Crippen molar-refractivity contribution >= 4 is 35.0 Å². The molecule has 2 amide bonds. The Balaban J connectivity index is 1.48. The Bertz CT molecular complexity index is 1150. The second kappa shape index (κ2) is 13.1. The van der Waals surface area contributed by atoms with Crippen LogP contribution in [0.4, 0.5) is 0 Å². The standard InChI is InChI=1S/C29H32Cl2N4O2/c30-25-12-11-22(17-26(25)31)28(36)33-18-23-14-16-35(29(37)27(34-23)13-15-32)19-24(20-7-3-1-4-8-20)21-9-5-2-6-10-21/h1-12,17,23-24,27,34H,13-16,18-19,32H2,(H,33,36). The molecule has 0 bridgehead atoms. The van der Waals surface area contributed by atoms with E-state index in [0.717, 1.165) is 0 Å². The maximum absolute atomic E-state index is 13.6. The second-order valence-electron chi connectivity index (χ2n) is 9.28. The van der Waals surface area contributed by atoms with Crippen molar-refractivity contribution in [3.8, 4) is 0 Å². The number of hydrogen-bond acceptors (Lipinski definition) is 4. The van der Waals surface area contributed by atoms with E-state index in [-0.39, 0.29) is 23.8 Å². The third-order valence-corrected chi connectivity index (χ3v) is 7.49. The van der Waals surface area contributed by atoms with Crippen molar-refractivity contribution in [2.24, 2.45) is 5.73 Å². The van der Waals surface area contributed by atoms with E-state index in [9.17, 15) is 9.59 Å². The Morgan fingerprint density at radius 3 is 2.24 bits per heavy atom. The summed E-state index contributed by atoms with van der Waals surface area (Å²) in [5, 5.41) is 7.14. The van der Waals surface area contributed by atoms with Gasteiger partial charge in [-0.2, -0.15) is 0 Å². The lowest BCUT2D eigenvalue weighted by molar-refractivity contribution is -0.133. The molecule has 1 heterocycles. The molecule has 194 valence electrons. The summed E-state index contributed by atoms with van der Waals surface area (Å²) in [6, 6.07) is 24.9. The van der Waals surface area contributed by atoms with Gasteiger partial charge in [0.2, 0.25) is 5.91 Å². The number of rotatable bonds is 9. The van der Waals surface area contributed by atoms with Crippen LogP contribution in [0.25, 0.3) is 0 Å². The van der Waals surface area contributed by atoms with Crippen LogP contribution in [0.5, 0.6) is 0 Å². The molecule has 2 unspecified atom stereocenters. The summed E-state index contributed by atoms with van der Waals surface area (Å²) in [5.41, 5.74) is 8.64. The van der Waals surface area contributed by atoms with Crippen LogP contribution in [0.15, 0.2) is 78.9 Å². The number of nitrogens with two attached hydrogens (primary N) is 1. The van der Waals surface area contributed by atoms with Gasteiger partial charge < -0.3 is 21.3 Å². The molecule has 0 spiro atoms. The van der Waals surface area contributed by atoms with Crippen molar-refractivity contribution < 1.29 is 9.59 Å². The summed E-state index contributed by atoms with van der Waals surface area (Å²) >= 11 is 12.0. The Kier molecular flexibility index (Phi) is 9.58. The van der Waals surface area contributed by atoms with Crippen molar-refractivity contribution in [2.45, 2.75) is 30.8 Å². The highest BCUT2D eigenvalue weighted by Gasteiger charge is 2.32. The Labute approximate surface area is 228 Å². The molecule has 4 N–H and O–H groups in total. The topological polar surface area (TPSA) is 87.5 Å². The number of benzene rings is 3. The highest BCUT2D eigenvalue weighted by molar-refractivity contribution is 6.42. The largest absolute Gasteiger partial charge is 0.350 e. The van der Waals surface area contributed by atoms with Gasteiger partial charge in [-0.1, -0.05) is 83.9 Å². The third kappa shape index (κ3) is 7.11. The molecule has 0 radical (unpaired) electrons. The zero-order valence-electron chi connectivity index (χ0n) is 20.6. The monoisotopic (exact) mass is 538 g/mol. The average Bonchev–Trinajstić information content (AvgIpc) is 3.07. The van der Waals surface area contributed by atoms with Gasteiger partial charge in [0, 0.05) is 37.2 Å². The summed E-state index contributed by atoms with van der Waals surface area (Å²) in [5.74, 6) is -0.146. The van der Waals surface area contributed by atoms with Crippen LogP contribution in [0.1, 0.15) is 40.2 Å². The highest BCUT2D eigenvalue weighted by atomic mass is 35.5. The van der Waals surface area contributed by atoms with Gasteiger partial charge in [0.05, 0.1) is 16.1 Å². The van der Waals surface area contributed by atoms with Crippen molar-refractivity contribution in [2.75, 3.05) is 26.2 Å². The molecule has 3 aromatic carbocycles. The molecule has 1 fully saturated rings. The first kappa shape index (κ1) is 27.1. The fraction of sp³-hybridized carbons (Fsp3) is 0.310. The number of amides is 2. The third-order valence-electron chi connectivity index (χ3n) is 6.75. The van der Waals surface area contributed by atoms with Gasteiger partial charge in [-0.3, -0.25) is 9.59 Å². The van der Waals surface area contributed by atoms with Crippen LogP contribution in [0.2, 0.25) is 10.0 Å². The smallest absolute Gasteiger partial charge is 0.251 e. The number of hydrogen-bond donors (Lipinski definition) is 3. The number of carbonyl (C=O) groups is 2. The van der Waals surface area contributed by atoms with Crippen LogP contribution in [0, 0.1) is 0 Å². The molecule has 4 rings (SSSR count). The molecule has 0 aromatic heterocycles. The number of nitrogens with one attached hydrogen (secondary N) is 2. The Hall–Kier alpha value is -2.90. The molecular formula is C29H32Cl2N4O2. The lowest BCUT2D eigenvalue weighted by atomic mass is 9.90. The van der Waals surface area contributed by atoms with Crippen LogP contribution in [-0.2, 0) is 4.79 Å². The first-order chi connectivity index (χ1) is 18.0. The minimum atomic E-state index is -0.411. The molecule has 6 nitrogen and oxygen atoms in total. The van der Waals surface area contributed by atoms with E-state index in [1.165, 1.54) is 11.1 Å². The molecule has 8 heteroatoms. The van der Waals surface area contributed by atoms with E-state index in [1.54, 1.807) is 18.2 Å². The van der Waals surface area contributed by atoms with Gasteiger partial charge in [-0.05, 0) is 48.7 Å². The zero-order chi connectivity index (χ0) is 26.2. The molecule has 1 aliphatic rings. The summed E-state index contributed by atoms with van der Waals surface area (Å²) in [7, 11) is 0. The summed E-state index contributed by atoms with van der Waals surface area (Å²) in [6.07, 6.45) is 1.22. The predicted molar refractivity (Wildman–Crippen MR) is 149 cm³/mol. The fourth-order valence-corrected chi connectivity index (χ4v) is 5.04. The lowest BCUT2D eigenvalue weighted by Gasteiger charge is -2.29. The Morgan fingerprint density at radius 2 is 1.65 bits per heavy atom. The van der Waals surface area contributed by atoms with Gasteiger partial charge in [0.1, 0.15) is 0 Å². The van der Waals surface area contributed by atoms with E-state index in [0.29, 0.717) is 54.6 Å². The SMILES string of the molecule is NCCC1NC(CNC(=O)c2ccc(Cl)c(Cl)c2)CCN(CC(c2ccccc2)c2ccccc2)C1=O. The van der Waals surface area contributed by atoms with Crippen molar-refractivity contribution in [1.29, 1.82) is 0 Å². The lowest BCUT2D eigenvalue weighted by Crippen LogP contribution is -2.49. The normalized spacial score (nSPS) is 18.1. The maximum atomic E-state index is 13.6. The minimum absolute atomic E-state index is 0.0422. The summed E-state index contributed by atoms with van der Waals surface area (Å²) < 4.78 is 0. The Morgan fingerprint density at radius 1 is 1.00 bits per heavy atom. The van der Waals surface area contributed by atoms with Crippen LogP contribution in [-0.4, -0.2) is 55.0 Å². The zero-order valence-corrected chi connectivity index (χ0v) is 22.1. The van der Waals surface area contributed by atoms with Gasteiger partial charge in [-0.25, -0.2) is 0 Å². The molecular weight excluding hydrogens is 507 g/mol.